The zero-order chi connectivity index (χ0) is 27.8. The van der Waals surface area contributed by atoms with E-state index in [0.29, 0.717) is 6.42 Å². The van der Waals surface area contributed by atoms with E-state index in [1.165, 1.54) is 39.2 Å². The monoisotopic (exact) mass is 513 g/mol. The predicted octanol–water partition coefficient (Wildman–Crippen LogP) is 8.43. The topological polar surface area (TPSA) is 82.1 Å². The van der Waals surface area contributed by atoms with Gasteiger partial charge in [0.1, 0.15) is 17.2 Å². The third kappa shape index (κ3) is 16.1. The summed E-state index contributed by atoms with van der Waals surface area (Å²) in [4.78, 5) is 40.2. The zero-order valence-corrected chi connectivity index (χ0v) is 24.7. The Kier molecular flexibility index (Phi) is 16.8. The number of rotatable bonds is 16. The van der Waals surface area contributed by atoms with Crippen molar-refractivity contribution in [2.45, 2.75) is 156 Å². The Morgan fingerprint density at radius 1 is 0.667 bits per heavy atom. The van der Waals surface area contributed by atoms with Gasteiger partial charge in [0.25, 0.3) is 0 Å². The molecule has 0 aliphatic carbocycles. The van der Waals surface area contributed by atoms with Crippen LogP contribution in [0.2, 0.25) is 0 Å². The molecule has 2 amide bonds. The third-order valence-electron chi connectivity index (χ3n) is 5.95. The Labute approximate surface area is 221 Å². The first-order chi connectivity index (χ1) is 16.8. The summed E-state index contributed by atoms with van der Waals surface area (Å²) in [6.07, 6.45) is 12.1. The van der Waals surface area contributed by atoms with Gasteiger partial charge in [-0.3, -0.25) is 0 Å². The van der Waals surface area contributed by atoms with Crippen molar-refractivity contribution in [1.82, 2.24) is 4.90 Å². The van der Waals surface area contributed by atoms with E-state index in [0.717, 1.165) is 49.8 Å². The minimum atomic E-state index is -1.10. The fourth-order valence-electron chi connectivity index (χ4n) is 4.16. The van der Waals surface area contributed by atoms with Crippen LogP contribution in [0.15, 0.2) is 0 Å². The number of nitrogens with zero attached hydrogens (tertiary/aromatic N) is 1. The van der Waals surface area contributed by atoms with Gasteiger partial charge in [-0.25, -0.2) is 14.4 Å². The van der Waals surface area contributed by atoms with Crippen molar-refractivity contribution in [1.29, 1.82) is 0 Å². The molecular weight excluding hydrogens is 458 g/mol. The molecule has 0 saturated carbocycles. The quantitative estimate of drug-likeness (QED) is 0.117. The van der Waals surface area contributed by atoms with Gasteiger partial charge in [0.05, 0.1) is 7.11 Å². The van der Waals surface area contributed by atoms with Gasteiger partial charge in [-0.1, -0.05) is 90.9 Å². The van der Waals surface area contributed by atoms with Gasteiger partial charge in [0.2, 0.25) is 0 Å². The highest BCUT2D eigenvalue weighted by molar-refractivity contribution is 5.94. The van der Waals surface area contributed by atoms with Crippen LogP contribution in [-0.4, -0.2) is 47.4 Å². The van der Waals surface area contributed by atoms with Crippen LogP contribution >= 0.6 is 0 Å². The number of amides is 2. The second kappa shape index (κ2) is 17.6. The van der Waals surface area contributed by atoms with Crippen LogP contribution in [0.4, 0.5) is 9.59 Å². The first-order valence-corrected chi connectivity index (χ1v) is 14.1. The molecule has 0 radical (unpaired) electrons. The number of methoxy groups -OCH3 is 1. The second-order valence-corrected chi connectivity index (χ2v) is 11.9. The van der Waals surface area contributed by atoms with Crippen molar-refractivity contribution in [2.75, 3.05) is 7.11 Å². The summed E-state index contributed by atoms with van der Waals surface area (Å²) in [6.45, 7) is 14.7. The van der Waals surface area contributed by atoms with Gasteiger partial charge in [-0.15, -0.1) is 0 Å². The van der Waals surface area contributed by atoms with Gasteiger partial charge < -0.3 is 14.2 Å². The van der Waals surface area contributed by atoms with Crippen LogP contribution in [0, 0.1) is 5.92 Å². The number of imide groups is 1. The van der Waals surface area contributed by atoms with E-state index in [9.17, 15) is 14.4 Å². The number of esters is 1. The maximum absolute atomic E-state index is 13.2. The average Bonchev–Trinajstić information content (AvgIpc) is 2.75. The van der Waals surface area contributed by atoms with Crippen LogP contribution in [0.1, 0.15) is 139 Å². The summed E-state index contributed by atoms with van der Waals surface area (Å²) in [6, 6.07) is -1.10. The molecule has 212 valence electrons. The van der Waals surface area contributed by atoms with Crippen LogP contribution < -0.4 is 0 Å². The summed E-state index contributed by atoms with van der Waals surface area (Å²) in [5.41, 5.74) is -1.67. The number of ether oxygens (including phenoxy) is 3. The fraction of sp³-hybridized carbons (Fsp3) is 0.897. The number of carbonyl (C=O) groups excluding carboxylic acids is 3. The molecule has 0 aliphatic rings. The number of hydrogen-bond donors (Lipinski definition) is 0. The molecule has 0 heterocycles. The van der Waals surface area contributed by atoms with Crippen molar-refractivity contribution < 1.29 is 28.6 Å². The summed E-state index contributed by atoms with van der Waals surface area (Å²) in [5.74, 6) is -0.447. The molecule has 0 bridgehead atoms. The van der Waals surface area contributed by atoms with E-state index in [4.69, 9.17) is 14.2 Å². The first-order valence-electron chi connectivity index (χ1n) is 14.1. The third-order valence-corrected chi connectivity index (χ3v) is 5.95. The Bertz CT molecular complexity index is 607. The van der Waals surface area contributed by atoms with Gasteiger partial charge >= 0.3 is 18.2 Å². The molecule has 0 N–H and O–H groups in total. The van der Waals surface area contributed by atoms with Crippen LogP contribution in [0.3, 0.4) is 0 Å². The Morgan fingerprint density at radius 3 is 1.44 bits per heavy atom. The molecule has 2 atom stereocenters. The highest BCUT2D eigenvalue weighted by Crippen LogP contribution is 2.28. The Balaban J connectivity index is 5.83. The number of carbonyl (C=O) groups is 3. The molecule has 0 saturated heterocycles. The average molecular weight is 514 g/mol. The van der Waals surface area contributed by atoms with Gasteiger partial charge in [0, 0.05) is 0 Å². The van der Waals surface area contributed by atoms with E-state index in [1.807, 2.05) is 0 Å². The summed E-state index contributed by atoms with van der Waals surface area (Å²) in [7, 11) is 1.28. The van der Waals surface area contributed by atoms with Gasteiger partial charge in [0.15, 0.2) is 0 Å². The molecule has 0 fully saturated rings. The lowest BCUT2D eigenvalue weighted by molar-refractivity contribution is -0.147. The standard InChI is InChI=1S/C29H55NO6/c1-10-12-14-16-17-19-21-23(20-18-15-13-11-2)22-24(25(31)34-9)30(26(32)35-28(3,4)5)27(33)36-29(6,7)8/h23-24H,10-22H2,1-9H3. The molecule has 2 unspecified atom stereocenters. The lowest BCUT2D eigenvalue weighted by Gasteiger charge is -2.33. The van der Waals surface area contributed by atoms with E-state index in [-0.39, 0.29) is 5.92 Å². The number of hydrogen-bond acceptors (Lipinski definition) is 6. The molecule has 0 aromatic carbocycles. The van der Waals surface area contributed by atoms with Gasteiger partial charge in [-0.05, 0) is 53.9 Å². The van der Waals surface area contributed by atoms with E-state index in [2.05, 4.69) is 13.8 Å². The molecule has 0 aromatic heterocycles. The van der Waals surface area contributed by atoms with Crippen molar-refractivity contribution >= 4 is 18.2 Å². The lowest BCUT2D eigenvalue weighted by atomic mass is 9.88. The minimum absolute atomic E-state index is 0.185. The number of unbranched alkanes of at least 4 members (excludes halogenated alkanes) is 8. The van der Waals surface area contributed by atoms with E-state index in [1.54, 1.807) is 41.5 Å². The van der Waals surface area contributed by atoms with Crippen LogP contribution in [-0.2, 0) is 19.0 Å². The summed E-state index contributed by atoms with van der Waals surface area (Å²) >= 11 is 0. The fourth-order valence-corrected chi connectivity index (χ4v) is 4.16. The second-order valence-electron chi connectivity index (χ2n) is 11.9. The summed E-state index contributed by atoms with van der Waals surface area (Å²) < 4.78 is 16.1. The first kappa shape index (κ1) is 34.2. The van der Waals surface area contributed by atoms with Crippen LogP contribution in [0.25, 0.3) is 0 Å². The SMILES string of the molecule is CCCCCCCCC(CCCCCC)CC(C(=O)OC)N(C(=O)OC(C)(C)C)C(=O)OC(C)(C)C. The van der Waals surface area contributed by atoms with Crippen LogP contribution in [0.5, 0.6) is 0 Å². The molecule has 0 rings (SSSR count). The zero-order valence-electron chi connectivity index (χ0n) is 24.7. The molecule has 7 heteroatoms. The van der Waals surface area contributed by atoms with Crippen molar-refractivity contribution in [3.63, 3.8) is 0 Å². The highest BCUT2D eigenvalue weighted by atomic mass is 16.6. The predicted molar refractivity (Wildman–Crippen MR) is 145 cm³/mol. The van der Waals surface area contributed by atoms with Crippen molar-refractivity contribution in [3.05, 3.63) is 0 Å². The Hall–Kier alpha value is -1.79. The Morgan fingerprint density at radius 2 is 1.06 bits per heavy atom. The molecule has 0 spiro atoms. The van der Waals surface area contributed by atoms with Gasteiger partial charge in [-0.2, -0.15) is 4.90 Å². The van der Waals surface area contributed by atoms with E-state index >= 15 is 0 Å². The lowest BCUT2D eigenvalue weighted by Crippen LogP contribution is -2.52. The van der Waals surface area contributed by atoms with Crippen molar-refractivity contribution in [3.8, 4) is 0 Å². The largest absolute Gasteiger partial charge is 0.467 e. The summed E-state index contributed by atoms with van der Waals surface area (Å²) in [5, 5.41) is 0. The maximum Gasteiger partial charge on any atom is 0.420 e. The normalized spacial score (nSPS) is 13.6. The molecule has 36 heavy (non-hydrogen) atoms. The van der Waals surface area contributed by atoms with Crippen molar-refractivity contribution in [2.24, 2.45) is 5.92 Å². The maximum atomic E-state index is 13.2. The minimum Gasteiger partial charge on any atom is -0.467 e. The molecule has 0 aliphatic heterocycles. The molecule has 0 aromatic rings. The smallest absolute Gasteiger partial charge is 0.420 e. The highest BCUT2D eigenvalue weighted by Gasteiger charge is 2.41. The molecule has 7 nitrogen and oxygen atoms in total. The molecular formula is C29H55NO6. The van der Waals surface area contributed by atoms with E-state index < -0.39 is 35.4 Å².